The van der Waals surface area contributed by atoms with Gasteiger partial charge in [-0.15, -0.1) is 0 Å². The largest absolute Gasteiger partial charge is 0.329 e. The topological polar surface area (TPSA) is 23.9 Å². The summed E-state index contributed by atoms with van der Waals surface area (Å²) in [5.74, 6) is -8.20. The van der Waals surface area contributed by atoms with Crippen molar-refractivity contribution in [1.82, 2.24) is 0 Å². The van der Waals surface area contributed by atoms with Gasteiger partial charge in [0.2, 0.25) is 0 Å². The van der Waals surface area contributed by atoms with Crippen LogP contribution >= 0.6 is 0 Å². The van der Waals surface area contributed by atoms with Crippen molar-refractivity contribution in [2.24, 2.45) is 0 Å². The molecule has 62 valence electrons. The van der Waals surface area contributed by atoms with Crippen LogP contribution in [0.4, 0.5) is 17.6 Å². The van der Waals surface area contributed by atoms with Gasteiger partial charge in [-0.25, -0.2) is 0 Å². The molecular formula is C6H5F4N. The molecule has 11 heavy (non-hydrogen) atoms. The van der Waals surface area contributed by atoms with Crippen LogP contribution in [0.2, 0.25) is 0 Å². The lowest BCUT2D eigenvalue weighted by molar-refractivity contribution is -0.175. The van der Waals surface area contributed by atoms with Gasteiger partial charge in [-0.2, -0.15) is 17.6 Å². The van der Waals surface area contributed by atoms with Crippen LogP contribution in [0.1, 0.15) is 6.42 Å². The molecule has 1 aliphatic rings. The fourth-order valence-electron chi connectivity index (χ4n) is 0.743. The van der Waals surface area contributed by atoms with Crippen molar-refractivity contribution in [2.45, 2.75) is 18.3 Å². The van der Waals surface area contributed by atoms with Gasteiger partial charge in [0.1, 0.15) is 0 Å². The lowest BCUT2D eigenvalue weighted by atomic mass is 9.98. The van der Waals surface area contributed by atoms with Gasteiger partial charge in [0, 0.05) is 5.71 Å². The average molecular weight is 167 g/mol. The molecule has 0 aromatic heterocycles. The van der Waals surface area contributed by atoms with E-state index >= 15 is 0 Å². The summed E-state index contributed by atoms with van der Waals surface area (Å²) in [5.41, 5.74) is -0.471. The second kappa shape index (κ2) is 2.06. The molecular weight excluding hydrogens is 162 g/mol. The molecule has 0 spiro atoms. The van der Waals surface area contributed by atoms with E-state index in [4.69, 9.17) is 5.41 Å². The molecule has 0 saturated carbocycles. The van der Waals surface area contributed by atoms with Gasteiger partial charge in [0.05, 0.1) is 6.42 Å². The van der Waals surface area contributed by atoms with Crippen LogP contribution in [0.25, 0.3) is 0 Å². The Balaban J connectivity index is 3.00. The molecule has 1 N–H and O–H groups in total. The van der Waals surface area contributed by atoms with Gasteiger partial charge in [-0.1, -0.05) is 0 Å². The van der Waals surface area contributed by atoms with Crippen LogP contribution in [-0.2, 0) is 0 Å². The van der Waals surface area contributed by atoms with Crippen LogP contribution < -0.4 is 0 Å². The Hall–Kier alpha value is -0.870. The molecule has 0 fully saturated rings. The van der Waals surface area contributed by atoms with E-state index in [1.807, 2.05) is 0 Å². The van der Waals surface area contributed by atoms with Gasteiger partial charge in [-0.05, 0) is 12.2 Å². The van der Waals surface area contributed by atoms with E-state index in [-0.39, 0.29) is 6.08 Å². The zero-order valence-electron chi connectivity index (χ0n) is 5.37. The van der Waals surface area contributed by atoms with Crippen LogP contribution in [0.15, 0.2) is 12.2 Å². The fourth-order valence-corrected chi connectivity index (χ4v) is 0.743. The molecule has 0 radical (unpaired) electrons. The molecule has 0 unspecified atom stereocenters. The quantitative estimate of drug-likeness (QED) is 0.535. The highest BCUT2D eigenvalue weighted by molar-refractivity contribution is 5.94. The third kappa shape index (κ3) is 1.27. The first-order valence-corrected chi connectivity index (χ1v) is 2.87. The van der Waals surface area contributed by atoms with Gasteiger partial charge < -0.3 is 5.41 Å². The molecule has 0 heterocycles. The predicted molar refractivity (Wildman–Crippen MR) is 31.4 cm³/mol. The van der Waals surface area contributed by atoms with Crippen LogP contribution in [0, 0.1) is 5.41 Å². The standard InChI is InChI=1S/C6H5F4N/c7-5(8)2-1-4(11)3-6(5,9)10/h1-2,11H,3H2. The number of allylic oxidation sites excluding steroid dienone is 2. The summed E-state index contributed by atoms with van der Waals surface area (Å²) in [4.78, 5) is 0. The molecule has 0 amide bonds. The lowest BCUT2D eigenvalue weighted by Gasteiger charge is -2.26. The van der Waals surface area contributed by atoms with Crippen molar-refractivity contribution in [3.05, 3.63) is 12.2 Å². The molecule has 0 bridgehead atoms. The number of hydrogen-bond donors (Lipinski definition) is 1. The summed E-state index contributed by atoms with van der Waals surface area (Å²) in [7, 11) is 0. The highest BCUT2D eigenvalue weighted by Crippen LogP contribution is 2.40. The van der Waals surface area contributed by atoms with E-state index in [1.165, 1.54) is 0 Å². The molecule has 1 rings (SSSR count). The number of halogens is 4. The average Bonchev–Trinajstić information content (AvgIpc) is 1.80. The Kier molecular flexibility index (Phi) is 1.54. The molecule has 1 nitrogen and oxygen atoms in total. The van der Waals surface area contributed by atoms with Gasteiger partial charge in [0.15, 0.2) is 0 Å². The lowest BCUT2D eigenvalue weighted by Crippen LogP contribution is -2.42. The normalized spacial score (nSPS) is 27.1. The third-order valence-corrected chi connectivity index (χ3v) is 1.39. The van der Waals surface area contributed by atoms with Crippen molar-refractivity contribution in [3.63, 3.8) is 0 Å². The minimum Gasteiger partial charge on any atom is -0.305 e. The summed E-state index contributed by atoms with van der Waals surface area (Å²) in [5, 5.41) is 6.72. The van der Waals surface area contributed by atoms with E-state index in [0.717, 1.165) is 0 Å². The number of rotatable bonds is 0. The highest BCUT2D eigenvalue weighted by atomic mass is 19.3. The number of hydrogen-bond acceptors (Lipinski definition) is 1. The van der Waals surface area contributed by atoms with Crippen molar-refractivity contribution < 1.29 is 17.6 Å². The van der Waals surface area contributed by atoms with E-state index in [1.54, 1.807) is 0 Å². The number of nitrogens with one attached hydrogen (secondary N) is 1. The van der Waals surface area contributed by atoms with E-state index in [2.05, 4.69) is 0 Å². The molecule has 0 atom stereocenters. The Labute approximate surface area is 60.2 Å². The molecule has 0 aliphatic heterocycles. The maximum absolute atomic E-state index is 12.3. The summed E-state index contributed by atoms with van der Waals surface area (Å²) in [6.07, 6.45) is -0.410. The predicted octanol–water partition coefficient (Wildman–Crippen LogP) is 2.24. The summed E-state index contributed by atoms with van der Waals surface area (Å²) in [6.45, 7) is 0. The first kappa shape index (κ1) is 8.23. The monoisotopic (exact) mass is 167 g/mol. The fraction of sp³-hybridized carbons (Fsp3) is 0.500. The number of alkyl halides is 4. The molecule has 5 heteroatoms. The Morgan fingerprint density at radius 1 is 1.27 bits per heavy atom. The zero-order valence-corrected chi connectivity index (χ0v) is 5.37. The van der Waals surface area contributed by atoms with Crippen molar-refractivity contribution in [2.75, 3.05) is 0 Å². The smallest absolute Gasteiger partial charge is 0.305 e. The Morgan fingerprint density at radius 3 is 2.18 bits per heavy atom. The summed E-state index contributed by atoms with van der Waals surface area (Å²) < 4.78 is 49.0. The molecule has 1 aliphatic carbocycles. The molecule has 0 aromatic carbocycles. The van der Waals surface area contributed by atoms with Crippen LogP contribution in [0.5, 0.6) is 0 Å². The second-order valence-electron chi connectivity index (χ2n) is 2.36. The minimum atomic E-state index is -4.10. The van der Waals surface area contributed by atoms with Crippen molar-refractivity contribution in [3.8, 4) is 0 Å². The first-order chi connectivity index (χ1) is 4.85. The molecule has 0 saturated heterocycles. The first-order valence-electron chi connectivity index (χ1n) is 2.87. The van der Waals surface area contributed by atoms with Crippen LogP contribution in [-0.4, -0.2) is 17.6 Å². The van der Waals surface area contributed by atoms with E-state index < -0.39 is 24.0 Å². The Morgan fingerprint density at radius 2 is 1.82 bits per heavy atom. The van der Waals surface area contributed by atoms with Crippen LogP contribution in [0.3, 0.4) is 0 Å². The van der Waals surface area contributed by atoms with Gasteiger partial charge in [0.25, 0.3) is 0 Å². The summed E-state index contributed by atoms with van der Waals surface area (Å²) >= 11 is 0. The highest BCUT2D eigenvalue weighted by Gasteiger charge is 2.56. The second-order valence-corrected chi connectivity index (χ2v) is 2.36. The van der Waals surface area contributed by atoms with E-state index in [0.29, 0.717) is 6.08 Å². The van der Waals surface area contributed by atoms with Gasteiger partial charge >= 0.3 is 11.8 Å². The molecule has 0 aromatic rings. The summed E-state index contributed by atoms with van der Waals surface area (Å²) in [6, 6.07) is 0. The zero-order chi connectivity index (χ0) is 8.70. The SMILES string of the molecule is N=C1C=CC(F)(F)C(F)(F)C1. The van der Waals surface area contributed by atoms with Gasteiger partial charge in [-0.3, -0.25) is 0 Å². The van der Waals surface area contributed by atoms with E-state index in [9.17, 15) is 17.6 Å². The maximum atomic E-state index is 12.3. The Bertz CT molecular complexity index is 219. The van der Waals surface area contributed by atoms with Crippen molar-refractivity contribution in [1.29, 1.82) is 5.41 Å². The minimum absolute atomic E-state index is 0.0683. The third-order valence-electron chi connectivity index (χ3n) is 1.39. The van der Waals surface area contributed by atoms with Crippen molar-refractivity contribution >= 4 is 5.71 Å². The maximum Gasteiger partial charge on any atom is 0.329 e.